The maximum absolute atomic E-state index is 15.2. The summed E-state index contributed by atoms with van der Waals surface area (Å²) in [7, 11) is 0. The first-order valence-corrected chi connectivity index (χ1v) is 19.3. The molecule has 1 N–H and O–H groups in total. The Kier molecular flexibility index (Phi) is 12.0. The number of aliphatic hydroxyl groups is 1. The maximum Gasteiger partial charge on any atom is 0.251 e. The van der Waals surface area contributed by atoms with Crippen molar-refractivity contribution < 1.29 is 24.2 Å². The fraction of sp³-hybridized carbons (Fsp3) is 0.537. The number of benzene rings is 2. The average Bonchev–Trinajstić information content (AvgIpc) is 3.69. The minimum Gasteiger partial charge on any atom is -0.494 e. The SMILES string of the molecule is C=CCN(C(=O)C1N([C@@H](CO)CC(C)C)C(=O)[C@@H]2[C@H](C(=O)N(CC=C)c3ccc(OCC)cc3)[C@]3(C)CCC12S3)c1ccc(N(CC)CC)cc1. The second kappa shape index (κ2) is 15.9. The lowest BCUT2D eigenvalue weighted by Crippen LogP contribution is -2.58. The van der Waals surface area contributed by atoms with Gasteiger partial charge in [-0.15, -0.1) is 24.9 Å². The van der Waals surface area contributed by atoms with Gasteiger partial charge in [0.25, 0.3) is 5.91 Å². The number of fused-ring (bicyclic) bond motifs is 1. The van der Waals surface area contributed by atoms with Gasteiger partial charge in [0.1, 0.15) is 11.8 Å². The number of ether oxygens (including phenoxy) is 1. The second-order valence-electron chi connectivity index (χ2n) is 14.5. The van der Waals surface area contributed by atoms with Crippen molar-refractivity contribution in [3.05, 3.63) is 73.8 Å². The molecule has 6 atom stereocenters. The number of hydrogen-bond acceptors (Lipinski definition) is 7. The van der Waals surface area contributed by atoms with Crippen LogP contribution in [0.25, 0.3) is 0 Å². The minimum atomic E-state index is -0.865. The van der Waals surface area contributed by atoms with E-state index in [-0.39, 0.29) is 43.3 Å². The standard InChI is InChI=1S/C41H56N4O5S/c1-9-24-43(31-18-20-33(21-19-31)50-13-5)37(47)34-35-38(48)45(32(27-46)26-28(6)7)36(41(35)23-22-40(34,8)51-41)39(49)44(25-10-2)30-16-14-29(15-17-30)42(11-3)12-4/h9-10,14-21,28,32,34-36,46H,1-2,11-13,22-27H2,3-8H3/t32-,34-,35+,36?,40+,41?/m1/s1. The molecule has 3 heterocycles. The van der Waals surface area contributed by atoms with Gasteiger partial charge >= 0.3 is 0 Å². The summed E-state index contributed by atoms with van der Waals surface area (Å²) in [6, 6.07) is 14.0. The monoisotopic (exact) mass is 716 g/mol. The van der Waals surface area contributed by atoms with E-state index in [1.54, 1.807) is 38.6 Å². The molecule has 2 aromatic carbocycles. The molecule has 3 fully saturated rings. The molecule has 1 spiro atoms. The van der Waals surface area contributed by atoms with Crippen LogP contribution in [0.1, 0.15) is 60.8 Å². The van der Waals surface area contributed by atoms with Crippen LogP contribution in [-0.4, -0.2) is 88.7 Å². The first kappa shape index (κ1) is 38.5. The van der Waals surface area contributed by atoms with E-state index in [0.717, 1.165) is 24.5 Å². The molecule has 3 saturated heterocycles. The molecule has 2 unspecified atom stereocenters. The molecule has 5 rings (SSSR count). The van der Waals surface area contributed by atoms with Gasteiger partial charge < -0.3 is 29.4 Å². The Balaban J connectivity index is 1.59. The van der Waals surface area contributed by atoms with Gasteiger partial charge in [0.15, 0.2) is 0 Å². The smallest absolute Gasteiger partial charge is 0.251 e. The van der Waals surface area contributed by atoms with Crippen molar-refractivity contribution in [3.63, 3.8) is 0 Å². The fourth-order valence-corrected chi connectivity index (χ4v) is 11.1. The van der Waals surface area contributed by atoms with Crippen LogP contribution < -0.4 is 19.4 Å². The van der Waals surface area contributed by atoms with E-state index in [0.29, 0.717) is 37.3 Å². The number of anilines is 3. The normalized spacial score (nSPS) is 25.5. The largest absolute Gasteiger partial charge is 0.494 e. The highest BCUT2D eigenvalue weighted by Gasteiger charge is 2.78. The lowest BCUT2D eigenvalue weighted by Gasteiger charge is -2.40. The highest BCUT2D eigenvalue weighted by atomic mass is 32.2. The van der Waals surface area contributed by atoms with Crippen LogP contribution in [0.5, 0.6) is 5.75 Å². The molecular weight excluding hydrogens is 661 g/mol. The zero-order valence-corrected chi connectivity index (χ0v) is 32.0. The Hall–Kier alpha value is -3.76. The number of likely N-dealkylation sites (tertiary alicyclic amines) is 1. The van der Waals surface area contributed by atoms with Gasteiger partial charge in [-0.25, -0.2) is 0 Å². The summed E-state index contributed by atoms with van der Waals surface area (Å²) in [6.45, 7) is 22.8. The molecule has 276 valence electrons. The summed E-state index contributed by atoms with van der Waals surface area (Å²) in [5.74, 6) is -1.09. The van der Waals surface area contributed by atoms with Crippen molar-refractivity contribution in [3.8, 4) is 5.75 Å². The number of carbonyl (C=O) groups excluding carboxylic acids is 3. The molecule has 2 bridgehead atoms. The topological polar surface area (TPSA) is 93.6 Å². The molecule has 2 aromatic rings. The van der Waals surface area contributed by atoms with Gasteiger partial charge in [0.2, 0.25) is 11.8 Å². The number of nitrogens with zero attached hydrogens (tertiary/aromatic N) is 4. The molecule has 0 aromatic heterocycles. The molecular formula is C41H56N4O5S. The zero-order valence-electron chi connectivity index (χ0n) is 31.2. The van der Waals surface area contributed by atoms with Crippen LogP contribution in [0.4, 0.5) is 17.1 Å². The van der Waals surface area contributed by atoms with Gasteiger partial charge in [0, 0.05) is 48.0 Å². The van der Waals surface area contributed by atoms with Crippen molar-refractivity contribution in [1.82, 2.24) is 4.90 Å². The Morgan fingerprint density at radius 1 is 0.941 bits per heavy atom. The van der Waals surface area contributed by atoms with Crippen LogP contribution >= 0.6 is 11.8 Å². The van der Waals surface area contributed by atoms with Crippen molar-refractivity contribution >= 4 is 46.5 Å². The summed E-state index contributed by atoms with van der Waals surface area (Å²) < 4.78 is 4.25. The predicted octanol–water partition coefficient (Wildman–Crippen LogP) is 6.56. The zero-order chi connectivity index (χ0) is 37.1. The predicted molar refractivity (Wildman–Crippen MR) is 209 cm³/mol. The van der Waals surface area contributed by atoms with Crippen molar-refractivity contribution in [2.75, 3.05) is 54.1 Å². The molecule has 0 radical (unpaired) electrons. The number of amides is 3. The van der Waals surface area contributed by atoms with Crippen LogP contribution in [0.3, 0.4) is 0 Å². The van der Waals surface area contributed by atoms with E-state index in [4.69, 9.17) is 4.74 Å². The number of carbonyl (C=O) groups is 3. The summed E-state index contributed by atoms with van der Waals surface area (Å²) in [4.78, 5) is 52.6. The highest BCUT2D eigenvalue weighted by molar-refractivity contribution is 8.02. The number of rotatable bonds is 17. The number of thioether (sulfide) groups is 1. The Labute approximate surface area is 308 Å². The van der Waals surface area contributed by atoms with E-state index in [1.807, 2.05) is 55.5 Å². The van der Waals surface area contributed by atoms with E-state index in [1.165, 1.54) is 0 Å². The van der Waals surface area contributed by atoms with E-state index in [2.05, 4.69) is 52.7 Å². The third-order valence-electron chi connectivity index (χ3n) is 11.0. The molecule has 0 aliphatic carbocycles. The Bertz CT molecular complexity index is 1580. The summed E-state index contributed by atoms with van der Waals surface area (Å²) >= 11 is 1.64. The molecule has 9 nitrogen and oxygen atoms in total. The second-order valence-corrected chi connectivity index (χ2v) is 16.4. The summed E-state index contributed by atoms with van der Waals surface area (Å²) in [5.41, 5.74) is 2.48. The summed E-state index contributed by atoms with van der Waals surface area (Å²) in [5, 5.41) is 10.8. The van der Waals surface area contributed by atoms with Crippen LogP contribution in [0, 0.1) is 17.8 Å². The molecule has 3 aliphatic heterocycles. The number of aliphatic hydroxyl groups excluding tert-OH is 1. The van der Waals surface area contributed by atoms with E-state index in [9.17, 15) is 9.90 Å². The third kappa shape index (κ3) is 6.93. The molecule has 3 amide bonds. The first-order valence-electron chi connectivity index (χ1n) is 18.5. The third-order valence-corrected chi connectivity index (χ3v) is 13.0. The first-order chi connectivity index (χ1) is 24.4. The van der Waals surface area contributed by atoms with Gasteiger partial charge in [-0.05, 0) is 101 Å². The molecule has 51 heavy (non-hydrogen) atoms. The van der Waals surface area contributed by atoms with Crippen molar-refractivity contribution in [2.45, 2.75) is 82.4 Å². The van der Waals surface area contributed by atoms with Crippen molar-refractivity contribution in [1.29, 1.82) is 0 Å². The minimum absolute atomic E-state index is 0.151. The lowest BCUT2D eigenvalue weighted by molar-refractivity contribution is -0.142. The Morgan fingerprint density at radius 2 is 1.49 bits per heavy atom. The van der Waals surface area contributed by atoms with Gasteiger partial charge in [-0.3, -0.25) is 14.4 Å². The van der Waals surface area contributed by atoms with E-state index < -0.39 is 33.4 Å². The highest BCUT2D eigenvalue weighted by Crippen LogP contribution is 2.72. The van der Waals surface area contributed by atoms with Crippen molar-refractivity contribution in [2.24, 2.45) is 17.8 Å². The quantitative estimate of drug-likeness (QED) is 0.186. The molecule has 0 saturated carbocycles. The number of hydrogen-bond donors (Lipinski definition) is 1. The molecule has 10 heteroatoms. The fourth-order valence-electron chi connectivity index (χ4n) is 8.77. The van der Waals surface area contributed by atoms with Crippen LogP contribution in [0.15, 0.2) is 73.8 Å². The molecule has 3 aliphatic rings. The maximum atomic E-state index is 15.2. The Morgan fingerprint density at radius 3 is 2.00 bits per heavy atom. The van der Waals surface area contributed by atoms with Crippen LogP contribution in [0.2, 0.25) is 0 Å². The average molecular weight is 717 g/mol. The van der Waals surface area contributed by atoms with Crippen LogP contribution in [-0.2, 0) is 14.4 Å². The van der Waals surface area contributed by atoms with Gasteiger partial charge in [-0.2, -0.15) is 0 Å². The van der Waals surface area contributed by atoms with E-state index >= 15 is 9.59 Å². The van der Waals surface area contributed by atoms with Gasteiger partial charge in [0.05, 0.1) is 35.8 Å². The summed E-state index contributed by atoms with van der Waals surface area (Å²) in [6.07, 6.45) is 5.25. The van der Waals surface area contributed by atoms with Gasteiger partial charge in [-0.1, -0.05) is 26.0 Å². The lowest BCUT2D eigenvalue weighted by atomic mass is 9.66.